The van der Waals surface area contributed by atoms with Gasteiger partial charge in [0.2, 0.25) is 0 Å². The van der Waals surface area contributed by atoms with Gasteiger partial charge in [-0.05, 0) is 0 Å². The molecule has 1 radical (unpaired) electrons. The fourth-order valence-electron chi connectivity index (χ4n) is 0.940. The molecule has 71 valence electrons. The van der Waals surface area contributed by atoms with Crippen LogP contribution in [0.15, 0.2) is 48.5 Å². The number of hydrogen-bond donors (Lipinski definition) is 0. The molecule has 2 aromatic rings. The first-order chi connectivity index (χ1) is 5.79. The van der Waals surface area contributed by atoms with E-state index in [1.165, 1.54) is 11.1 Å². The van der Waals surface area contributed by atoms with E-state index in [0.29, 0.717) is 0 Å². The van der Waals surface area contributed by atoms with Gasteiger partial charge in [0.05, 0.1) is 0 Å². The van der Waals surface area contributed by atoms with Gasteiger partial charge in [-0.3, -0.25) is 0 Å². The second-order valence-electron chi connectivity index (χ2n) is 2.92. The average molecular weight is 344 g/mol. The maximum atomic E-state index is 2.08. The molecule has 0 fully saturated rings. The topological polar surface area (TPSA) is 0 Å². The van der Waals surface area contributed by atoms with E-state index >= 15 is 0 Å². The molecule has 0 heterocycles. The Bertz CT molecular complexity index is 245. The molecule has 0 aliphatic rings. The van der Waals surface area contributed by atoms with E-state index in [9.17, 15) is 0 Å². The van der Waals surface area contributed by atoms with Gasteiger partial charge in [0, 0.05) is 20.4 Å². The van der Waals surface area contributed by atoms with Crippen LogP contribution in [0.1, 0.15) is 11.1 Å². The molecule has 0 nitrogen and oxygen atoms in total. The Morgan fingerprint density at radius 2 is 0.846 bits per heavy atom. The summed E-state index contributed by atoms with van der Waals surface area (Å²) >= 11 is 0. The molecule has 0 aliphatic carbocycles. The fourth-order valence-corrected chi connectivity index (χ4v) is 0.940. The number of hydrogen-bond acceptors (Lipinski definition) is 0. The summed E-state index contributed by atoms with van der Waals surface area (Å²) in [5, 5.41) is 0. The quantitative estimate of drug-likeness (QED) is 0.643. The number of rotatable bonds is 0. The van der Waals surface area contributed by atoms with Crippen LogP contribution in [-0.2, 0) is 20.4 Å². The van der Waals surface area contributed by atoms with Crippen molar-refractivity contribution in [1.82, 2.24) is 0 Å². The van der Waals surface area contributed by atoms with Gasteiger partial charge in [0.25, 0.3) is 0 Å². The molecule has 0 N–H and O–H groups in total. The maximum Gasteiger partial charge on any atom is 0 e. The SMILES string of the molecule is C[c-]1cccc1.C[c-]1cccc1.[Re]. The van der Waals surface area contributed by atoms with Gasteiger partial charge in [0.15, 0.2) is 0 Å². The van der Waals surface area contributed by atoms with Gasteiger partial charge in [0.1, 0.15) is 0 Å². The molecule has 0 atom stereocenters. The van der Waals surface area contributed by atoms with Crippen LogP contribution in [0.2, 0.25) is 0 Å². The molecule has 0 spiro atoms. The van der Waals surface area contributed by atoms with Crippen molar-refractivity contribution < 1.29 is 20.4 Å². The Hall–Kier alpha value is -0.638. The van der Waals surface area contributed by atoms with Crippen LogP contribution >= 0.6 is 0 Å². The summed E-state index contributed by atoms with van der Waals surface area (Å²) < 4.78 is 0. The Morgan fingerprint density at radius 1 is 0.615 bits per heavy atom. The third-order valence-corrected chi connectivity index (χ3v) is 1.66. The second-order valence-corrected chi connectivity index (χ2v) is 2.92. The van der Waals surface area contributed by atoms with Crippen LogP contribution in [0, 0.1) is 13.8 Å². The first kappa shape index (κ1) is 12.4. The molecular weight excluding hydrogens is 330 g/mol. The van der Waals surface area contributed by atoms with Gasteiger partial charge < -0.3 is 0 Å². The number of aryl methyl sites for hydroxylation is 2. The van der Waals surface area contributed by atoms with Crippen LogP contribution in [0.25, 0.3) is 0 Å². The molecule has 0 amide bonds. The Kier molecular flexibility index (Phi) is 6.50. The Labute approximate surface area is 94.0 Å². The third-order valence-electron chi connectivity index (χ3n) is 1.66. The summed E-state index contributed by atoms with van der Waals surface area (Å²) in [6.45, 7) is 4.17. The zero-order valence-corrected chi connectivity index (χ0v) is 10.7. The van der Waals surface area contributed by atoms with E-state index in [-0.39, 0.29) is 20.4 Å². The molecule has 1 heteroatoms. The van der Waals surface area contributed by atoms with Crippen molar-refractivity contribution >= 4 is 0 Å². The standard InChI is InChI=1S/2C6H7.Re/c2*1-6-4-2-3-5-6;/h2*2-5H,1H3;/q2*-1;. The van der Waals surface area contributed by atoms with Crippen molar-refractivity contribution in [3.8, 4) is 0 Å². The van der Waals surface area contributed by atoms with Gasteiger partial charge >= 0.3 is 0 Å². The van der Waals surface area contributed by atoms with E-state index in [1.807, 2.05) is 24.3 Å². The van der Waals surface area contributed by atoms with E-state index in [1.54, 1.807) is 0 Å². The van der Waals surface area contributed by atoms with E-state index < -0.39 is 0 Å². The van der Waals surface area contributed by atoms with Gasteiger partial charge in [-0.25, -0.2) is 24.3 Å². The van der Waals surface area contributed by atoms with Gasteiger partial charge in [-0.2, -0.15) is 35.4 Å². The minimum Gasteiger partial charge on any atom is -0.213 e. The summed E-state index contributed by atoms with van der Waals surface area (Å²) in [5.74, 6) is 0. The van der Waals surface area contributed by atoms with Crippen molar-refractivity contribution in [1.29, 1.82) is 0 Å². The van der Waals surface area contributed by atoms with Crippen molar-refractivity contribution in [2.45, 2.75) is 13.8 Å². The van der Waals surface area contributed by atoms with Crippen molar-refractivity contribution in [3.05, 3.63) is 59.7 Å². The molecule has 2 rings (SSSR count). The van der Waals surface area contributed by atoms with E-state index in [4.69, 9.17) is 0 Å². The molecule has 0 saturated heterocycles. The molecule has 13 heavy (non-hydrogen) atoms. The van der Waals surface area contributed by atoms with Gasteiger partial charge in [-0.1, -0.05) is 13.8 Å². The third kappa shape index (κ3) is 5.58. The molecule has 0 bridgehead atoms. The summed E-state index contributed by atoms with van der Waals surface area (Å²) in [7, 11) is 0. The summed E-state index contributed by atoms with van der Waals surface area (Å²) in [6.07, 6.45) is 0. The molecular formula is C12H14Re-2. The summed E-state index contributed by atoms with van der Waals surface area (Å²) in [6, 6.07) is 16.5. The minimum atomic E-state index is 0. The molecule has 2 aromatic carbocycles. The smallest absolute Gasteiger partial charge is 0 e. The van der Waals surface area contributed by atoms with Crippen molar-refractivity contribution in [3.63, 3.8) is 0 Å². The zero-order chi connectivity index (χ0) is 8.81. The maximum absolute atomic E-state index is 2.08. The molecule has 0 unspecified atom stereocenters. The van der Waals surface area contributed by atoms with Crippen molar-refractivity contribution in [2.75, 3.05) is 0 Å². The fraction of sp³-hybridized carbons (Fsp3) is 0.167. The second kappa shape index (κ2) is 6.83. The van der Waals surface area contributed by atoms with Crippen LogP contribution in [0.5, 0.6) is 0 Å². The van der Waals surface area contributed by atoms with E-state index in [0.717, 1.165) is 0 Å². The zero-order valence-electron chi connectivity index (χ0n) is 8.00. The first-order valence-corrected chi connectivity index (χ1v) is 4.15. The largest absolute Gasteiger partial charge is 0.213 e. The van der Waals surface area contributed by atoms with E-state index in [2.05, 4.69) is 38.1 Å². The van der Waals surface area contributed by atoms with Crippen LogP contribution < -0.4 is 0 Å². The molecule has 0 saturated carbocycles. The normalized spacial score (nSPS) is 8.15. The average Bonchev–Trinajstić information content (AvgIpc) is 2.63. The van der Waals surface area contributed by atoms with Crippen molar-refractivity contribution in [2.24, 2.45) is 0 Å². The van der Waals surface area contributed by atoms with Gasteiger partial charge in [-0.15, -0.1) is 0 Å². The first-order valence-electron chi connectivity index (χ1n) is 4.15. The predicted octanol–water partition coefficient (Wildman–Crippen LogP) is 3.43. The monoisotopic (exact) mass is 345 g/mol. The Morgan fingerprint density at radius 3 is 0.923 bits per heavy atom. The summed E-state index contributed by atoms with van der Waals surface area (Å²) in [5.41, 5.74) is 2.69. The van der Waals surface area contributed by atoms with Crippen LogP contribution in [0.3, 0.4) is 0 Å². The predicted molar refractivity (Wildman–Crippen MR) is 53.5 cm³/mol. The molecule has 0 aromatic heterocycles. The minimum absolute atomic E-state index is 0. The molecule has 0 aliphatic heterocycles. The van der Waals surface area contributed by atoms with Crippen LogP contribution in [-0.4, -0.2) is 0 Å². The Balaban J connectivity index is 0.000000206. The van der Waals surface area contributed by atoms with Crippen LogP contribution in [0.4, 0.5) is 0 Å². The summed E-state index contributed by atoms with van der Waals surface area (Å²) in [4.78, 5) is 0.